The minimum Gasteiger partial charge on any atom is -0.461 e. The summed E-state index contributed by atoms with van der Waals surface area (Å²) in [5.41, 5.74) is 0. The predicted octanol–water partition coefficient (Wildman–Crippen LogP) is 2.32. The lowest BCUT2D eigenvalue weighted by Crippen LogP contribution is -2.26. The Labute approximate surface area is 82.2 Å². The topological polar surface area (TPSA) is 26.3 Å². The highest BCUT2D eigenvalue weighted by Gasteiger charge is 2.22. The first-order valence-electron chi connectivity index (χ1n) is 4.12. The first kappa shape index (κ1) is 10.1. The standard InChI is InChI=1S/C8H12Cl2O2/c9-5-8(11)12-7-3-1-2-6(10)4-7/h6-7H,1-5H2. The number of halogens is 2. The number of carbonyl (C=O) groups is 1. The van der Waals surface area contributed by atoms with Crippen LogP contribution in [0.1, 0.15) is 25.7 Å². The van der Waals surface area contributed by atoms with E-state index in [1.165, 1.54) is 0 Å². The molecule has 0 amide bonds. The van der Waals surface area contributed by atoms with Crippen LogP contribution in [0.4, 0.5) is 0 Å². The third-order valence-corrected chi connectivity index (χ3v) is 2.58. The second-order valence-electron chi connectivity index (χ2n) is 3.01. The molecule has 1 saturated carbocycles. The van der Waals surface area contributed by atoms with Crippen LogP contribution < -0.4 is 0 Å². The van der Waals surface area contributed by atoms with E-state index in [0.29, 0.717) is 0 Å². The van der Waals surface area contributed by atoms with Crippen LogP contribution >= 0.6 is 23.2 Å². The van der Waals surface area contributed by atoms with Crippen molar-refractivity contribution in [3.63, 3.8) is 0 Å². The van der Waals surface area contributed by atoms with Crippen LogP contribution in [0.25, 0.3) is 0 Å². The molecular formula is C8H12Cl2O2. The molecule has 12 heavy (non-hydrogen) atoms. The van der Waals surface area contributed by atoms with Gasteiger partial charge in [-0.25, -0.2) is 0 Å². The minimum absolute atomic E-state index is 0.00694. The number of hydrogen-bond donors (Lipinski definition) is 0. The van der Waals surface area contributed by atoms with Gasteiger partial charge in [0.2, 0.25) is 0 Å². The summed E-state index contributed by atoms with van der Waals surface area (Å²) in [6.07, 6.45) is 3.74. The van der Waals surface area contributed by atoms with Crippen molar-refractivity contribution in [3.8, 4) is 0 Å². The monoisotopic (exact) mass is 210 g/mol. The predicted molar refractivity (Wildman–Crippen MR) is 48.7 cm³/mol. The number of alkyl halides is 2. The summed E-state index contributed by atoms with van der Waals surface area (Å²) in [6.45, 7) is 0. The summed E-state index contributed by atoms with van der Waals surface area (Å²) in [5.74, 6) is -0.406. The van der Waals surface area contributed by atoms with Crippen molar-refractivity contribution < 1.29 is 9.53 Å². The largest absolute Gasteiger partial charge is 0.461 e. The zero-order chi connectivity index (χ0) is 8.97. The third kappa shape index (κ3) is 3.20. The van der Waals surface area contributed by atoms with E-state index in [9.17, 15) is 4.79 Å². The number of esters is 1. The summed E-state index contributed by atoms with van der Waals surface area (Å²) < 4.78 is 5.06. The Kier molecular flexibility index (Phi) is 4.16. The Morgan fingerprint density at radius 2 is 2.25 bits per heavy atom. The Morgan fingerprint density at radius 3 is 2.83 bits per heavy atom. The van der Waals surface area contributed by atoms with E-state index in [1.54, 1.807) is 0 Å². The molecule has 0 N–H and O–H groups in total. The van der Waals surface area contributed by atoms with Crippen LogP contribution in [0.3, 0.4) is 0 Å². The number of ether oxygens (including phenoxy) is 1. The maximum absolute atomic E-state index is 10.8. The molecule has 70 valence electrons. The van der Waals surface area contributed by atoms with Crippen LogP contribution in [-0.4, -0.2) is 23.3 Å². The zero-order valence-corrected chi connectivity index (χ0v) is 8.27. The normalized spacial score (nSPS) is 29.8. The first-order chi connectivity index (χ1) is 5.72. The van der Waals surface area contributed by atoms with E-state index in [4.69, 9.17) is 27.9 Å². The zero-order valence-electron chi connectivity index (χ0n) is 6.76. The first-order valence-corrected chi connectivity index (χ1v) is 5.09. The molecule has 0 radical (unpaired) electrons. The number of rotatable bonds is 2. The van der Waals surface area contributed by atoms with E-state index < -0.39 is 0 Å². The summed E-state index contributed by atoms with van der Waals surface area (Å²) >= 11 is 11.2. The van der Waals surface area contributed by atoms with E-state index in [-0.39, 0.29) is 23.3 Å². The molecule has 2 nitrogen and oxygen atoms in total. The van der Waals surface area contributed by atoms with Gasteiger partial charge in [0.15, 0.2) is 0 Å². The highest BCUT2D eigenvalue weighted by atomic mass is 35.5. The van der Waals surface area contributed by atoms with Gasteiger partial charge in [-0.2, -0.15) is 0 Å². The van der Waals surface area contributed by atoms with Gasteiger partial charge < -0.3 is 4.74 Å². The molecule has 2 atom stereocenters. The molecule has 1 aliphatic carbocycles. The van der Waals surface area contributed by atoms with Crippen molar-refractivity contribution in [1.82, 2.24) is 0 Å². The van der Waals surface area contributed by atoms with Gasteiger partial charge in [0, 0.05) is 11.8 Å². The van der Waals surface area contributed by atoms with Crippen LogP contribution in [0.2, 0.25) is 0 Å². The van der Waals surface area contributed by atoms with Crippen molar-refractivity contribution in [2.24, 2.45) is 0 Å². The molecule has 0 spiro atoms. The third-order valence-electron chi connectivity index (χ3n) is 1.97. The molecule has 0 bridgehead atoms. The Hall–Kier alpha value is 0.0500. The van der Waals surface area contributed by atoms with Crippen molar-refractivity contribution in [3.05, 3.63) is 0 Å². The highest BCUT2D eigenvalue weighted by Crippen LogP contribution is 2.24. The molecule has 0 aromatic rings. The van der Waals surface area contributed by atoms with Gasteiger partial charge in [-0.1, -0.05) is 0 Å². The number of carbonyl (C=O) groups excluding carboxylic acids is 1. The van der Waals surface area contributed by atoms with Gasteiger partial charge in [0.1, 0.15) is 12.0 Å². The fourth-order valence-electron chi connectivity index (χ4n) is 1.41. The average Bonchev–Trinajstić information content (AvgIpc) is 2.04. The van der Waals surface area contributed by atoms with Crippen LogP contribution in [-0.2, 0) is 9.53 Å². The molecule has 0 aromatic heterocycles. The lowest BCUT2D eigenvalue weighted by molar-refractivity contribution is -0.147. The maximum atomic E-state index is 10.8. The van der Waals surface area contributed by atoms with Crippen molar-refractivity contribution in [1.29, 1.82) is 0 Å². The summed E-state index contributed by atoms with van der Waals surface area (Å²) in [4.78, 5) is 10.8. The van der Waals surface area contributed by atoms with Crippen LogP contribution in [0.15, 0.2) is 0 Å². The van der Waals surface area contributed by atoms with E-state index in [1.807, 2.05) is 0 Å². The lowest BCUT2D eigenvalue weighted by atomic mass is 9.97. The fraction of sp³-hybridized carbons (Fsp3) is 0.875. The fourth-order valence-corrected chi connectivity index (χ4v) is 1.83. The molecule has 0 aliphatic heterocycles. The van der Waals surface area contributed by atoms with Gasteiger partial charge in [-0.15, -0.1) is 23.2 Å². The summed E-state index contributed by atoms with van der Waals surface area (Å²) in [5, 5.41) is 0.159. The van der Waals surface area contributed by atoms with E-state index in [0.717, 1.165) is 25.7 Å². The molecule has 4 heteroatoms. The molecule has 1 aliphatic rings. The molecule has 1 rings (SSSR count). The molecule has 0 heterocycles. The molecule has 0 aromatic carbocycles. The van der Waals surface area contributed by atoms with Gasteiger partial charge in [0.05, 0.1) is 0 Å². The van der Waals surface area contributed by atoms with Crippen molar-refractivity contribution >= 4 is 29.2 Å². The van der Waals surface area contributed by atoms with Crippen molar-refractivity contribution in [2.45, 2.75) is 37.2 Å². The van der Waals surface area contributed by atoms with Crippen LogP contribution in [0.5, 0.6) is 0 Å². The SMILES string of the molecule is O=C(CCl)OC1CCCC(Cl)C1. The Bertz CT molecular complexity index is 161. The highest BCUT2D eigenvalue weighted by molar-refractivity contribution is 6.26. The van der Waals surface area contributed by atoms with Crippen molar-refractivity contribution in [2.75, 3.05) is 5.88 Å². The molecule has 2 unspecified atom stereocenters. The molecular weight excluding hydrogens is 199 g/mol. The molecule has 1 fully saturated rings. The Morgan fingerprint density at radius 1 is 1.50 bits per heavy atom. The van der Waals surface area contributed by atoms with Gasteiger partial charge >= 0.3 is 5.97 Å². The Balaban J connectivity index is 2.27. The quantitative estimate of drug-likeness (QED) is 0.517. The van der Waals surface area contributed by atoms with E-state index in [2.05, 4.69) is 0 Å². The second kappa shape index (κ2) is 4.93. The number of hydrogen-bond acceptors (Lipinski definition) is 2. The van der Waals surface area contributed by atoms with Gasteiger partial charge in [-0.05, 0) is 19.3 Å². The average molecular weight is 211 g/mol. The van der Waals surface area contributed by atoms with Gasteiger partial charge in [-0.3, -0.25) is 4.79 Å². The van der Waals surface area contributed by atoms with E-state index >= 15 is 0 Å². The summed E-state index contributed by atoms with van der Waals surface area (Å²) in [6, 6.07) is 0. The lowest BCUT2D eigenvalue weighted by Gasteiger charge is -2.24. The van der Waals surface area contributed by atoms with Crippen LogP contribution in [0, 0.1) is 0 Å². The maximum Gasteiger partial charge on any atom is 0.321 e. The smallest absolute Gasteiger partial charge is 0.321 e. The second-order valence-corrected chi connectivity index (χ2v) is 3.89. The van der Waals surface area contributed by atoms with Gasteiger partial charge in [0.25, 0.3) is 0 Å². The summed E-state index contributed by atoms with van der Waals surface area (Å²) in [7, 11) is 0. The molecule has 0 saturated heterocycles. The minimum atomic E-state index is -0.340.